The van der Waals surface area contributed by atoms with Crippen molar-refractivity contribution in [2.75, 3.05) is 11.9 Å². The first-order valence-corrected chi connectivity index (χ1v) is 8.37. The van der Waals surface area contributed by atoms with Crippen LogP contribution < -0.4 is 5.32 Å². The van der Waals surface area contributed by atoms with Crippen LogP contribution in [0, 0.1) is 17.0 Å². The lowest BCUT2D eigenvalue weighted by Crippen LogP contribution is -2.20. The fourth-order valence-electron chi connectivity index (χ4n) is 2.09. The van der Waals surface area contributed by atoms with E-state index in [9.17, 15) is 19.7 Å². The molecule has 0 aliphatic heterocycles. The molecule has 9 heteroatoms. The molecule has 0 atom stereocenters. The van der Waals surface area contributed by atoms with Crippen LogP contribution in [0.4, 0.5) is 11.4 Å². The summed E-state index contributed by atoms with van der Waals surface area (Å²) in [6.07, 6.45) is 2.50. The van der Waals surface area contributed by atoms with Crippen LogP contribution in [0.5, 0.6) is 0 Å². The van der Waals surface area contributed by atoms with Gasteiger partial charge in [-0.1, -0.05) is 29.3 Å². The van der Waals surface area contributed by atoms with Crippen LogP contribution in [0.2, 0.25) is 10.0 Å². The molecule has 1 N–H and O–H groups in total. The van der Waals surface area contributed by atoms with E-state index in [2.05, 4.69) is 5.32 Å². The zero-order chi connectivity index (χ0) is 20.0. The van der Waals surface area contributed by atoms with Crippen LogP contribution in [0.1, 0.15) is 11.1 Å². The predicted molar refractivity (Wildman–Crippen MR) is 103 cm³/mol. The highest BCUT2D eigenvalue weighted by molar-refractivity contribution is 6.37. The van der Waals surface area contributed by atoms with Crippen LogP contribution in [0.3, 0.4) is 0 Å². The zero-order valence-corrected chi connectivity index (χ0v) is 15.6. The molecule has 2 aromatic rings. The number of amides is 1. The van der Waals surface area contributed by atoms with Crippen molar-refractivity contribution in [1.29, 1.82) is 0 Å². The second-order valence-corrected chi connectivity index (χ2v) is 6.20. The molecule has 0 bridgehead atoms. The number of nitrogens with one attached hydrogen (secondary N) is 1. The van der Waals surface area contributed by atoms with E-state index in [0.29, 0.717) is 26.9 Å². The Hall–Kier alpha value is -2.90. The molecule has 0 saturated heterocycles. The Morgan fingerprint density at radius 3 is 2.48 bits per heavy atom. The molecule has 0 unspecified atom stereocenters. The summed E-state index contributed by atoms with van der Waals surface area (Å²) in [5.74, 6) is -1.33. The van der Waals surface area contributed by atoms with E-state index in [4.69, 9.17) is 27.9 Å². The maximum absolute atomic E-state index is 11.9. The van der Waals surface area contributed by atoms with Crippen molar-refractivity contribution in [2.24, 2.45) is 0 Å². The van der Waals surface area contributed by atoms with Crippen LogP contribution in [0.25, 0.3) is 6.08 Å². The van der Waals surface area contributed by atoms with Gasteiger partial charge in [-0.15, -0.1) is 0 Å². The summed E-state index contributed by atoms with van der Waals surface area (Å²) < 4.78 is 4.85. The van der Waals surface area contributed by atoms with E-state index in [1.54, 1.807) is 25.1 Å². The molecule has 1 amide bonds. The van der Waals surface area contributed by atoms with Gasteiger partial charge in [0.15, 0.2) is 6.61 Å². The van der Waals surface area contributed by atoms with E-state index < -0.39 is 23.4 Å². The molecular formula is C18H14Cl2N2O5. The fourth-order valence-corrected chi connectivity index (χ4v) is 2.62. The molecule has 0 fully saturated rings. The van der Waals surface area contributed by atoms with E-state index >= 15 is 0 Å². The SMILES string of the molecule is Cc1cc([N+](=O)[O-])ccc1NC(=O)COC(=O)/C=C/c1c(Cl)cccc1Cl. The van der Waals surface area contributed by atoms with Crippen molar-refractivity contribution in [2.45, 2.75) is 6.92 Å². The summed E-state index contributed by atoms with van der Waals surface area (Å²) in [5, 5.41) is 14.0. The number of rotatable bonds is 6. The number of benzene rings is 2. The number of halogens is 2. The van der Waals surface area contributed by atoms with Gasteiger partial charge >= 0.3 is 5.97 Å². The summed E-state index contributed by atoms with van der Waals surface area (Å²) in [6, 6.07) is 8.93. The molecule has 140 valence electrons. The molecule has 0 spiro atoms. The van der Waals surface area contributed by atoms with Gasteiger partial charge in [-0.2, -0.15) is 0 Å². The van der Waals surface area contributed by atoms with Gasteiger partial charge in [0.2, 0.25) is 0 Å². The first-order valence-electron chi connectivity index (χ1n) is 7.61. The van der Waals surface area contributed by atoms with Crippen molar-refractivity contribution >= 4 is 52.5 Å². The number of hydrogen-bond donors (Lipinski definition) is 1. The number of nitro benzene ring substituents is 1. The lowest BCUT2D eigenvalue weighted by atomic mass is 10.2. The Morgan fingerprint density at radius 2 is 1.89 bits per heavy atom. The third-order valence-electron chi connectivity index (χ3n) is 3.43. The predicted octanol–water partition coefficient (Wildman–Crippen LogP) is 4.41. The second-order valence-electron chi connectivity index (χ2n) is 5.38. The van der Waals surface area contributed by atoms with Gasteiger partial charge in [0.1, 0.15) is 0 Å². The molecule has 0 radical (unpaired) electrons. The summed E-state index contributed by atoms with van der Waals surface area (Å²) in [5.41, 5.74) is 1.28. The Balaban J connectivity index is 1.91. The maximum atomic E-state index is 11.9. The standard InChI is InChI=1S/C18H14Cl2N2O5/c1-11-9-12(22(25)26)5-7-16(11)21-17(23)10-27-18(24)8-6-13-14(19)3-2-4-15(13)20/h2-9H,10H2,1H3,(H,21,23)/b8-6+. The van der Waals surface area contributed by atoms with Crippen molar-refractivity contribution < 1.29 is 19.2 Å². The number of nitro groups is 1. The van der Waals surface area contributed by atoms with Gasteiger partial charge < -0.3 is 10.1 Å². The van der Waals surface area contributed by atoms with E-state index in [-0.39, 0.29) is 5.69 Å². The number of esters is 1. The van der Waals surface area contributed by atoms with E-state index in [1.807, 2.05) is 0 Å². The first-order chi connectivity index (χ1) is 12.8. The molecule has 0 heterocycles. The van der Waals surface area contributed by atoms with Gasteiger partial charge in [-0.3, -0.25) is 14.9 Å². The van der Waals surface area contributed by atoms with Gasteiger partial charge in [-0.05, 0) is 36.8 Å². The van der Waals surface area contributed by atoms with Crippen molar-refractivity contribution in [3.8, 4) is 0 Å². The first kappa shape index (κ1) is 20.4. The Labute approximate surface area is 164 Å². The molecule has 27 heavy (non-hydrogen) atoms. The molecule has 0 aliphatic rings. The van der Waals surface area contributed by atoms with Gasteiger partial charge in [0.05, 0.1) is 4.92 Å². The second kappa shape index (κ2) is 9.16. The van der Waals surface area contributed by atoms with Gasteiger partial charge in [-0.25, -0.2) is 4.79 Å². The topological polar surface area (TPSA) is 98.5 Å². The maximum Gasteiger partial charge on any atom is 0.331 e. The number of aryl methyl sites for hydroxylation is 1. The minimum atomic E-state index is -0.749. The fraction of sp³-hybridized carbons (Fsp3) is 0.111. The smallest absolute Gasteiger partial charge is 0.331 e. The molecule has 2 aromatic carbocycles. The Morgan fingerprint density at radius 1 is 1.22 bits per heavy atom. The lowest BCUT2D eigenvalue weighted by molar-refractivity contribution is -0.384. The zero-order valence-electron chi connectivity index (χ0n) is 14.1. The number of nitrogens with zero attached hydrogens (tertiary/aromatic N) is 1. The average Bonchev–Trinajstić information content (AvgIpc) is 2.61. The number of non-ortho nitro benzene ring substituents is 1. The van der Waals surface area contributed by atoms with Gasteiger partial charge in [0, 0.05) is 39.5 Å². The number of carbonyl (C=O) groups is 2. The Bertz CT molecular complexity index is 908. The summed E-state index contributed by atoms with van der Waals surface area (Å²) >= 11 is 12.0. The number of hydrogen-bond acceptors (Lipinski definition) is 5. The van der Waals surface area contributed by atoms with Crippen LogP contribution >= 0.6 is 23.2 Å². The summed E-state index contributed by atoms with van der Waals surface area (Å²) in [4.78, 5) is 33.8. The highest BCUT2D eigenvalue weighted by atomic mass is 35.5. The van der Waals surface area contributed by atoms with Crippen molar-refractivity contribution in [3.05, 3.63) is 73.8 Å². The van der Waals surface area contributed by atoms with Crippen LogP contribution in [-0.2, 0) is 14.3 Å². The minimum Gasteiger partial charge on any atom is -0.452 e. The van der Waals surface area contributed by atoms with Crippen LogP contribution in [-0.4, -0.2) is 23.4 Å². The number of carbonyl (C=O) groups excluding carboxylic acids is 2. The highest BCUT2D eigenvalue weighted by Crippen LogP contribution is 2.25. The third-order valence-corrected chi connectivity index (χ3v) is 4.09. The average molecular weight is 409 g/mol. The molecule has 7 nitrogen and oxygen atoms in total. The Kier molecular flexibility index (Phi) is 6.92. The molecule has 0 aromatic heterocycles. The number of ether oxygens (including phenoxy) is 1. The highest BCUT2D eigenvalue weighted by Gasteiger charge is 2.11. The third kappa shape index (κ3) is 5.80. The van der Waals surface area contributed by atoms with E-state index in [1.165, 1.54) is 24.3 Å². The largest absolute Gasteiger partial charge is 0.452 e. The summed E-state index contributed by atoms with van der Waals surface area (Å²) in [7, 11) is 0. The minimum absolute atomic E-state index is 0.0831. The molecule has 0 aliphatic carbocycles. The van der Waals surface area contributed by atoms with E-state index in [0.717, 1.165) is 6.08 Å². The van der Waals surface area contributed by atoms with Crippen molar-refractivity contribution in [3.63, 3.8) is 0 Å². The lowest BCUT2D eigenvalue weighted by Gasteiger charge is -2.08. The van der Waals surface area contributed by atoms with Crippen LogP contribution in [0.15, 0.2) is 42.5 Å². The number of anilines is 1. The quantitative estimate of drug-likeness (QED) is 0.330. The molecular weight excluding hydrogens is 395 g/mol. The molecule has 2 rings (SSSR count). The normalized spacial score (nSPS) is 10.6. The van der Waals surface area contributed by atoms with Crippen molar-refractivity contribution in [1.82, 2.24) is 0 Å². The molecule has 0 saturated carbocycles. The van der Waals surface area contributed by atoms with Gasteiger partial charge in [0.25, 0.3) is 11.6 Å². The monoisotopic (exact) mass is 408 g/mol. The summed E-state index contributed by atoms with van der Waals surface area (Å²) in [6.45, 7) is 1.10.